The number of benzene rings is 2. The molecule has 2 aromatic carbocycles. The topological polar surface area (TPSA) is 49.4 Å². The Bertz CT molecular complexity index is 774. The van der Waals surface area contributed by atoms with Gasteiger partial charge in [0.2, 0.25) is 11.8 Å². The van der Waals surface area contributed by atoms with Gasteiger partial charge in [-0.15, -0.1) is 0 Å². The number of hydrogen-bond acceptors (Lipinski definition) is 2. The molecule has 132 valence electrons. The number of carbonyl (C=O) groups is 2. The molecule has 25 heavy (non-hydrogen) atoms. The van der Waals surface area contributed by atoms with Crippen LogP contribution >= 0.6 is 0 Å². The lowest BCUT2D eigenvalue weighted by Gasteiger charge is -2.21. The van der Waals surface area contributed by atoms with E-state index in [4.69, 9.17) is 0 Å². The fourth-order valence-corrected chi connectivity index (χ4v) is 2.62. The molecule has 0 bridgehead atoms. The Balaban J connectivity index is 1.97. The average Bonchev–Trinajstić information content (AvgIpc) is 2.55. The van der Waals surface area contributed by atoms with Crippen LogP contribution in [0.2, 0.25) is 0 Å². The van der Waals surface area contributed by atoms with Crippen molar-refractivity contribution < 1.29 is 14.0 Å². The van der Waals surface area contributed by atoms with Gasteiger partial charge in [0, 0.05) is 19.2 Å². The van der Waals surface area contributed by atoms with Crippen LogP contribution in [0.5, 0.6) is 0 Å². The van der Waals surface area contributed by atoms with E-state index in [-0.39, 0.29) is 30.7 Å². The zero-order valence-corrected chi connectivity index (χ0v) is 14.8. The Morgan fingerprint density at radius 3 is 2.48 bits per heavy atom. The molecule has 2 aromatic rings. The van der Waals surface area contributed by atoms with E-state index in [1.54, 1.807) is 18.2 Å². The second-order valence-electron chi connectivity index (χ2n) is 6.15. The molecule has 0 aliphatic rings. The number of aryl methyl sites for hydroxylation is 2. The van der Waals surface area contributed by atoms with Crippen molar-refractivity contribution in [2.45, 2.75) is 27.2 Å². The molecular formula is C20H23FN2O2. The molecule has 0 saturated carbocycles. The highest BCUT2D eigenvalue weighted by Crippen LogP contribution is 2.16. The van der Waals surface area contributed by atoms with E-state index in [0.29, 0.717) is 12.0 Å². The molecule has 0 heterocycles. The molecule has 0 aliphatic heterocycles. The smallest absolute Gasteiger partial charge is 0.244 e. The summed E-state index contributed by atoms with van der Waals surface area (Å²) in [6.07, 6.45) is 0.364. The fraction of sp³-hybridized carbons (Fsp3) is 0.300. The van der Waals surface area contributed by atoms with E-state index >= 15 is 0 Å². The summed E-state index contributed by atoms with van der Waals surface area (Å²) in [5.74, 6) is -0.784. The first-order chi connectivity index (χ1) is 11.9. The number of nitrogens with one attached hydrogen (secondary N) is 1. The van der Waals surface area contributed by atoms with Gasteiger partial charge < -0.3 is 10.2 Å². The number of halogens is 1. The second-order valence-corrected chi connectivity index (χ2v) is 6.15. The lowest BCUT2D eigenvalue weighted by atomic mass is 10.1. The summed E-state index contributed by atoms with van der Waals surface area (Å²) in [5.41, 5.74) is 3.34. The molecule has 4 nitrogen and oxygen atoms in total. The summed E-state index contributed by atoms with van der Waals surface area (Å²) in [6, 6.07) is 12.2. The standard InChI is InChI=1S/C20H23FN2O2/c1-14-8-9-19(15(2)12-14)22-20(25)13-23(16(3)24)11-10-17-6-4-5-7-18(17)21/h4-9,12H,10-11,13H2,1-3H3,(H,22,25). The van der Waals surface area contributed by atoms with E-state index in [9.17, 15) is 14.0 Å². The molecule has 2 rings (SSSR count). The monoisotopic (exact) mass is 342 g/mol. The molecule has 0 radical (unpaired) electrons. The highest BCUT2D eigenvalue weighted by atomic mass is 19.1. The second kappa shape index (κ2) is 8.42. The van der Waals surface area contributed by atoms with Crippen molar-refractivity contribution in [1.82, 2.24) is 4.90 Å². The minimum atomic E-state index is -0.300. The largest absolute Gasteiger partial charge is 0.333 e. The van der Waals surface area contributed by atoms with E-state index in [1.807, 2.05) is 32.0 Å². The molecule has 5 heteroatoms. The first-order valence-electron chi connectivity index (χ1n) is 8.23. The van der Waals surface area contributed by atoms with Gasteiger partial charge in [0.15, 0.2) is 0 Å². The van der Waals surface area contributed by atoms with E-state index in [1.165, 1.54) is 17.9 Å². The van der Waals surface area contributed by atoms with Crippen molar-refractivity contribution in [2.24, 2.45) is 0 Å². The van der Waals surface area contributed by atoms with Crippen molar-refractivity contribution in [3.05, 3.63) is 65.0 Å². The molecule has 0 aliphatic carbocycles. The van der Waals surface area contributed by atoms with Gasteiger partial charge >= 0.3 is 0 Å². The van der Waals surface area contributed by atoms with Gasteiger partial charge in [-0.05, 0) is 43.5 Å². The summed E-state index contributed by atoms with van der Waals surface area (Å²) >= 11 is 0. The van der Waals surface area contributed by atoms with Crippen molar-refractivity contribution in [3.8, 4) is 0 Å². The molecule has 2 amide bonds. The van der Waals surface area contributed by atoms with E-state index in [0.717, 1.165) is 16.8 Å². The third-order valence-corrected chi connectivity index (χ3v) is 4.04. The summed E-state index contributed by atoms with van der Waals surface area (Å²) in [5, 5.41) is 2.83. The van der Waals surface area contributed by atoms with Gasteiger partial charge in [-0.1, -0.05) is 35.9 Å². The number of nitrogens with zero attached hydrogens (tertiary/aromatic N) is 1. The van der Waals surface area contributed by atoms with Crippen molar-refractivity contribution in [2.75, 3.05) is 18.4 Å². The Labute approximate surface area is 147 Å². The lowest BCUT2D eigenvalue weighted by Crippen LogP contribution is -2.38. The summed E-state index contributed by atoms with van der Waals surface area (Å²) in [4.78, 5) is 25.5. The minimum Gasteiger partial charge on any atom is -0.333 e. The van der Waals surface area contributed by atoms with Crippen LogP contribution in [0.25, 0.3) is 0 Å². The molecule has 0 aromatic heterocycles. The third kappa shape index (κ3) is 5.41. The summed E-state index contributed by atoms with van der Waals surface area (Å²) in [7, 11) is 0. The predicted molar refractivity (Wildman–Crippen MR) is 96.9 cm³/mol. The first-order valence-corrected chi connectivity index (χ1v) is 8.23. The molecule has 0 saturated heterocycles. The Kier molecular flexibility index (Phi) is 6.28. The van der Waals surface area contributed by atoms with Gasteiger partial charge in [-0.3, -0.25) is 9.59 Å². The number of rotatable bonds is 6. The predicted octanol–water partition coefficient (Wildman–Crippen LogP) is 3.47. The van der Waals surface area contributed by atoms with Gasteiger partial charge in [-0.25, -0.2) is 4.39 Å². The molecule has 0 spiro atoms. The number of hydrogen-bond donors (Lipinski definition) is 1. The number of carbonyl (C=O) groups excluding carboxylic acids is 2. The lowest BCUT2D eigenvalue weighted by molar-refractivity contribution is -0.132. The molecule has 0 atom stereocenters. The maximum Gasteiger partial charge on any atom is 0.244 e. The van der Waals surface area contributed by atoms with Crippen LogP contribution < -0.4 is 5.32 Å². The third-order valence-electron chi connectivity index (χ3n) is 4.04. The van der Waals surface area contributed by atoms with Crippen molar-refractivity contribution in [3.63, 3.8) is 0 Å². The fourth-order valence-electron chi connectivity index (χ4n) is 2.62. The van der Waals surface area contributed by atoms with Crippen LogP contribution in [0.15, 0.2) is 42.5 Å². The van der Waals surface area contributed by atoms with Crippen LogP contribution in [0.1, 0.15) is 23.6 Å². The number of amides is 2. The Hall–Kier alpha value is -2.69. The van der Waals surface area contributed by atoms with E-state index < -0.39 is 0 Å². The average molecular weight is 342 g/mol. The zero-order valence-electron chi connectivity index (χ0n) is 14.8. The van der Waals surface area contributed by atoms with Gasteiger partial charge in [0.25, 0.3) is 0 Å². The molecule has 0 fully saturated rings. The van der Waals surface area contributed by atoms with Gasteiger partial charge in [-0.2, -0.15) is 0 Å². The van der Waals surface area contributed by atoms with Crippen molar-refractivity contribution >= 4 is 17.5 Å². The summed E-state index contributed by atoms with van der Waals surface area (Å²) < 4.78 is 13.7. The molecule has 0 unspecified atom stereocenters. The van der Waals surface area contributed by atoms with Gasteiger partial charge in [0.05, 0.1) is 6.54 Å². The Morgan fingerprint density at radius 1 is 1.12 bits per heavy atom. The normalized spacial score (nSPS) is 10.4. The minimum absolute atomic E-state index is 0.0584. The molecule has 1 N–H and O–H groups in total. The zero-order chi connectivity index (χ0) is 18.4. The first kappa shape index (κ1) is 18.6. The molecular weight excluding hydrogens is 319 g/mol. The number of anilines is 1. The van der Waals surface area contributed by atoms with Crippen LogP contribution in [0.3, 0.4) is 0 Å². The van der Waals surface area contributed by atoms with E-state index in [2.05, 4.69) is 5.32 Å². The van der Waals surface area contributed by atoms with Crippen LogP contribution in [0, 0.1) is 19.7 Å². The maximum atomic E-state index is 13.7. The van der Waals surface area contributed by atoms with Gasteiger partial charge in [0.1, 0.15) is 5.82 Å². The van der Waals surface area contributed by atoms with Crippen LogP contribution in [-0.2, 0) is 16.0 Å². The van der Waals surface area contributed by atoms with Crippen LogP contribution in [0.4, 0.5) is 10.1 Å². The van der Waals surface area contributed by atoms with Crippen LogP contribution in [-0.4, -0.2) is 29.8 Å². The maximum absolute atomic E-state index is 13.7. The summed E-state index contributed by atoms with van der Waals surface area (Å²) in [6.45, 7) is 5.54. The van der Waals surface area contributed by atoms with Crippen molar-refractivity contribution in [1.29, 1.82) is 0 Å². The highest BCUT2D eigenvalue weighted by Gasteiger charge is 2.15. The SMILES string of the molecule is CC(=O)N(CCc1ccccc1F)CC(=O)Nc1ccc(C)cc1C. The Morgan fingerprint density at radius 2 is 1.84 bits per heavy atom. The highest BCUT2D eigenvalue weighted by molar-refractivity contribution is 5.94. The quantitative estimate of drug-likeness (QED) is 0.874.